The van der Waals surface area contributed by atoms with Crippen molar-refractivity contribution in [2.75, 3.05) is 6.54 Å². The van der Waals surface area contributed by atoms with Crippen molar-refractivity contribution in [1.82, 2.24) is 15.5 Å². The Kier molecular flexibility index (Phi) is 4.79. The first-order valence-electron chi connectivity index (χ1n) is 5.70. The van der Waals surface area contributed by atoms with E-state index >= 15 is 0 Å². The van der Waals surface area contributed by atoms with Gasteiger partial charge in [-0.3, -0.25) is 0 Å². The van der Waals surface area contributed by atoms with Crippen molar-refractivity contribution in [2.45, 2.75) is 19.9 Å². The van der Waals surface area contributed by atoms with Crippen LogP contribution in [0.3, 0.4) is 0 Å². The van der Waals surface area contributed by atoms with E-state index in [1.54, 1.807) is 18.2 Å². The van der Waals surface area contributed by atoms with Crippen molar-refractivity contribution in [2.24, 2.45) is 0 Å². The number of rotatable bonds is 5. The lowest BCUT2D eigenvalue weighted by molar-refractivity contribution is 0.624. The summed E-state index contributed by atoms with van der Waals surface area (Å²) >= 11 is 4.58. The molecule has 96 valence electrons. The molecule has 0 amide bonds. The van der Waals surface area contributed by atoms with E-state index in [-0.39, 0.29) is 5.82 Å². The molecule has 18 heavy (non-hydrogen) atoms. The zero-order valence-corrected chi connectivity index (χ0v) is 12.3. The molecular formula is C12H13BrFN3S. The van der Waals surface area contributed by atoms with E-state index in [4.69, 9.17) is 0 Å². The third-order valence-electron chi connectivity index (χ3n) is 2.35. The maximum atomic E-state index is 13.9. The van der Waals surface area contributed by atoms with E-state index in [0.29, 0.717) is 21.6 Å². The molecule has 0 aliphatic heterocycles. The van der Waals surface area contributed by atoms with E-state index in [9.17, 15) is 4.39 Å². The standard InChI is InChI=1S/C12H13BrFN3S/c1-2-6-15-7-10-16-17-12(18-10)8-4-3-5-9(13)11(8)14/h3-5,15H,2,6-7H2,1H3. The van der Waals surface area contributed by atoms with Gasteiger partial charge in [-0.25, -0.2) is 4.39 Å². The minimum atomic E-state index is -0.290. The van der Waals surface area contributed by atoms with Crippen LogP contribution >= 0.6 is 27.3 Å². The number of benzene rings is 1. The molecule has 0 aliphatic rings. The van der Waals surface area contributed by atoms with Crippen molar-refractivity contribution in [3.8, 4) is 10.6 Å². The number of hydrogen-bond acceptors (Lipinski definition) is 4. The van der Waals surface area contributed by atoms with Crippen LogP contribution in [0.15, 0.2) is 22.7 Å². The van der Waals surface area contributed by atoms with Crippen LogP contribution in [-0.2, 0) is 6.54 Å². The van der Waals surface area contributed by atoms with Gasteiger partial charge < -0.3 is 5.32 Å². The van der Waals surface area contributed by atoms with Crippen LogP contribution in [0.1, 0.15) is 18.4 Å². The third kappa shape index (κ3) is 3.13. The van der Waals surface area contributed by atoms with E-state index in [1.165, 1.54) is 11.3 Å². The largest absolute Gasteiger partial charge is 0.310 e. The van der Waals surface area contributed by atoms with Gasteiger partial charge in [-0.2, -0.15) is 0 Å². The van der Waals surface area contributed by atoms with Gasteiger partial charge in [0.05, 0.1) is 4.47 Å². The molecule has 1 N–H and O–H groups in total. The Morgan fingerprint density at radius 2 is 2.22 bits per heavy atom. The molecule has 0 spiro atoms. The Bertz CT molecular complexity index is 530. The highest BCUT2D eigenvalue weighted by Gasteiger charge is 2.12. The molecule has 0 saturated carbocycles. The van der Waals surface area contributed by atoms with Gasteiger partial charge >= 0.3 is 0 Å². The van der Waals surface area contributed by atoms with E-state index in [2.05, 4.69) is 38.4 Å². The first-order valence-corrected chi connectivity index (χ1v) is 7.30. The summed E-state index contributed by atoms with van der Waals surface area (Å²) in [6, 6.07) is 5.17. The molecule has 0 bridgehead atoms. The summed E-state index contributed by atoms with van der Waals surface area (Å²) in [5, 5.41) is 12.8. The Balaban J connectivity index is 2.16. The molecule has 2 rings (SSSR count). The number of hydrogen-bond donors (Lipinski definition) is 1. The summed E-state index contributed by atoms with van der Waals surface area (Å²) < 4.78 is 14.3. The van der Waals surface area contributed by atoms with E-state index in [1.807, 2.05) is 0 Å². The molecule has 6 heteroatoms. The lowest BCUT2D eigenvalue weighted by Gasteiger charge is -1.99. The summed E-state index contributed by atoms with van der Waals surface area (Å²) in [5.41, 5.74) is 0.489. The normalized spacial score (nSPS) is 10.8. The summed E-state index contributed by atoms with van der Waals surface area (Å²) in [7, 11) is 0. The topological polar surface area (TPSA) is 37.8 Å². The summed E-state index contributed by atoms with van der Waals surface area (Å²) in [6.07, 6.45) is 1.08. The average Bonchev–Trinajstić information content (AvgIpc) is 2.82. The van der Waals surface area contributed by atoms with Gasteiger partial charge in [-0.15, -0.1) is 10.2 Å². The number of nitrogens with one attached hydrogen (secondary N) is 1. The van der Waals surface area contributed by atoms with Gasteiger partial charge in [0.25, 0.3) is 0 Å². The van der Waals surface area contributed by atoms with Crippen LogP contribution in [-0.4, -0.2) is 16.7 Å². The smallest absolute Gasteiger partial charge is 0.150 e. The second-order valence-corrected chi connectivity index (χ2v) is 5.70. The molecule has 1 heterocycles. The van der Waals surface area contributed by atoms with Crippen LogP contribution in [0.4, 0.5) is 4.39 Å². The maximum absolute atomic E-state index is 13.9. The van der Waals surface area contributed by atoms with Crippen LogP contribution < -0.4 is 5.32 Å². The zero-order valence-electron chi connectivity index (χ0n) is 9.91. The predicted octanol–water partition coefficient (Wildman–Crippen LogP) is 3.61. The van der Waals surface area contributed by atoms with Crippen molar-refractivity contribution in [3.63, 3.8) is 0 Å². The average molecular weight is 330 g/mol. The fourth-order valence-electron chi connectivity index (χ4n) is 1.47. The Morgan fingerprint density at radius 3 is 3.00 bits per heavy atom. The lowest BCUT2D eigenvalue weighted by Crippen LogP contribution is -2.13. The molecule has 0 atom stereocenters. The molecular weight excluding hydrogens is 317 g/mol. The summed E-state index contributed by atoms with van der Waals surface area (Å²) in [5.74, 6) is -0.290. The maximum Gasteiger partial charge on any atom is 0.150 e. The molecule has 2 aromatic rings. The van der Waals surface area contributed by atoms with E-state index < -0.39 is 0 Å². The minimum Gasteiger partial charge on any atom is -0.310 e. The van der Waals surface area contributed by atoms with Crippen molar-refractivity contribution >= 4 is 27.3 Å². The Morgan fingerprint density at radius 1 is 1.39 bits per heavy atom. The Labute approximate surface area is 118 Å². The van der Waals surface area contributed by atoms with Gasteiger partial charge in [0, 0.05) is 12.1 Å². The second kappa shape index (κ2) is 6.36. The number of halogens is 2. The number of nitrogens with zero attached hydrogens (tertiary/aromatic N) is 2. The lowest BCUT2D eigenvalue weighted by atomic mass is 10.2. The highest BCUT2D eigenvalue weighted by molar-refractivity contribution is 9.10. The van der Waals surface area contributed by atoms with Crippen LogP contribution in [0.25, 0.3) is 10.6 Å². The summed E-state index contributed by atoms with van der Waals surface area (Å²) in [6.45, 7) is 3.73. The molecule has 0 aliphatic carbocycles. The Hall–Kier alpha value is -0.850. The fraction of sp³-hybridized carbons (Fsp3) is 0.333. The second-order valence-electron chi connectivity index (χ2n) is 3.78. The molecule has 1 aromatic heterocycles. The highest BCUT2D eigenvalue weighted by Crippen LogP contribution is 2.29. The molecule has 0 saturated heterocycles. The van der Waals surface area contributed by atoms with Crippen LogP contribution in [0, 0.1) is 5.82 Å². The number of aromatic nitrogens is 2. The summed E-state index contributed by atoms with van der Waals surface area (Å²) in [4.78, 5) is 0. The molecule has 0 fully saturated rings. The molecule has 0 unspecified atom stereocenters. The molecule has 3 nitrogen and oxygen atoms in total. The molecule has 1 aromatic carbocycles. The van der Waals surface area contributed by atoms with Gasteiger partial charge in [0.15, 0.2) is 5.01 Å². The first kappa shape index (κ1) is 13.6. The van der Waals surface area contributed by atoms with E-state index in [0.717, 1.165) is 18.0 Å². The van der Waals surface area contributed by atoms with Crippen LogP contribution in [0.5, 0.6) is 0 Å². The van der Waals surface area contributed by atoms with Crippen molar-refractivity contribution in [3.05, 3.63) is 33.5 Å². The quantitative estimate of drug-likeness (QED) is 0.851. The fourth-order valence-corrected chi connectivity index (χ4v) is 2.67. The van der Waals surface area contributed by atoms with Gasteiger partial charge in [0.2, 0.25) is 0 Å². The molecule has 0 radical (unpaired) electrons. The van der Waals surface area contributed by atoms with Crippen molar-refractivity contribution in [1.29, 1.82) is 0 Å². The van der Waals surface area contributed by atoms with Gasteiger partial charge in [-0.1, -0.05) is 24.3 Å². The highest BCUT2D eigenvalue weighted by atomic mass is 79.9. The monoisotopic (exact) mass is 329 g/mol. The SMILES string of the molecule is CCCNCc1nnc(-c2cccc(Br)c2F)s1. The first-order chi connectivity index (χ1) is 8.72. The van der Waals surface area contributed by atoms with Crippen molar-refractivity contribution < 1.29 is 4.39 Å². The minimum absolute atomic E-state index is 0.290. The van der Waals surface area contributed by atoms with Gasteiger partial charge in [-0.05, 0) is 41.0 Å². The zero-order chi connectivity index (χ0) is 13.0. The predicted molar refractivity (Wildman–Crippen MR) is 75.0 cm³/mol. The third-order valence-corrected chi connectivity index (χ3v) is 3.92. The van der Waals surface area contributed by atoms with Crippen LogP contribution in [0.2, 0.25) is 0 Å². The van der Waals surface area contributed by atoms with Gasteiger partial charge in [0.1, 0.15) is 10.8 Å².